The van der Waals surface area contributed by atoms with Crippen LogP contribution in [0.2, 0.25) is 5.02 Å². The van der Waals surface area contributed by atoms with Crippen molar-refractivity contribution in [3.05, 3.63) is 69.0 Å². The van der Waals surface area contributed by atoms with Crippen LogP contribution >= 0.6 is 11.6 Å². The number of nitrogens with one attached hydrogen (secondary N) is 1. The second-order valence-corrected chi connectivity index (χ2v) is 8.06. The summed E-state index contributed by atoms with van der Waals surface area (Å²) in [6.45, 7) is 0.750. The normalized spacial score (nSPS) is 18.6. The molecule has 0 bridgehead atoms. The van der Waals surface area contributed by atoms with Gasteiger partial charge >= 0.3 is 0 Å². The minimum atomic E-state index is -4.19. The lowest BCUT2D eigenvalue weighted by molar-refractivity contribution is -0.387. The molecule has 138 valence electrons. The molecule has 0 aromatic heterocycles. The minimum absolute atomic E-state index is 0.0673. The molecule has 1 fully saturated rings. The van der Waals surface area contributed by atoms with Crippen molar-refractivity contribution < 1.29 is 17.7 Å². The SMILES string of the molecule is O=[N+]([O-])c1cc(Cl)ccc1S(=O)(=O)N1CCNCC1c1cccc(F)c1. The first-order valence-electron chi connectivity index (χ1n) is 7.72. The molecular weight excluding hydrogens is 385 g/mol. The molecular formula is C16H15ClFN3O4S. The summed E-state index contributed by atoms with van der Waals surface area (Å²) in [5, 5.41) is 14.4. The van der Waals surface area contributed by atoms with Crippen LogP contribution in [-0.2, 0) is 10.0 Å². The smallest absolute Gasteiger partial charge is 0.290 e. The van der Waals surface area contributed by atoms with Gasteiger partial charge < -0.3 is 5.32 Å². The van der Waals surface area contributed by atoms with Crippen molar-refractivity contribution in [1.29, 1.82) is 0 Å². The Morgan fingerprint density at radius 2 is 2.04 bits per heavy atom. The van der Waals surface area contributed by atoms with Gasteiger partial charge in [-0.2, -0.15) is 4.31 Å². The van der Waals surface area contributed by atoms with E-state index in [0.29, 0.717) is 12.1 Å². The number of hydrogen-bond donors (Lipinski definition) is 1. The minimum Gasteiger partial charge on any atom is -0.313 e. The number of nitro benzene ring substituents is 1. The summed E-state index contributed by atoms with van der Waals surface area (Å²) >= 11 is 5.77. The largest absolute Gasteiger partial charge is 0.313 e. The lowest BCUT2D eigenvalue weighted by atomic mass is 10.1. The number of rotatable bonds is 4. The summed E-state index contributed by atoms with van der Waals surface area (Å²) in [6.07, 6.45) is 0. The summed E-state index contributed by atoms with van der Waals surface area (Å²) in [6, 6.07) is 8.39. The van der Waals surface area contributed by atoms with Gasteiger partial charge in [0.15, 0.2) is 4.90 Å². The van der Waals surface area contributed by atoms with E-state index in [2.05, 4.69) is 5.32 Å². The molecule has 0 saturated carbocycles. The van der Waals surface area contributed by atoms with E-state index in [-0.39, 0.29) is 18.1 Å². The maximum absolute atomic E-state index is 13.6. The van der Waals surface area contributed by atoms with E-state index in [1.165, 1.54) is 24.3 Å². The zero-order valence-corrected chi connectivity index (χ0v) is 15.0. The molecule has 2 aromatic rings. The fourth-order valence-corrected chi connectivity index (χ4v) is 4.87. The van der Waals surface area contributed by atoms with Gasteiger partial charge in [-0.25, -0.2) is 12.8 Å². The van der Waals surface area contributed by atoms with E-state index in [4.69, 9.17) is 11.6 Å². The molecule has 3 rings (SSSR count). The molecule has 1 aliphatic heterocycles. The molecule has 1 N–H and O–H groups in total. The maximum atomic E-state index is 13.6. The molecule has 10 heteroatoms. The number of piperazine rings is 1. The molecule has 2 aromatic carbocycles. The molecule has 0 aliphatic carbocycles. The van der Waals surface area contributed by atoms with Crippen LogP contribution in [0.1, 0.15) is 11.6 Å². The Morgan fingerprint density at radius 1 is 1.27 bits per heavy atom. The Kier molecular flexibility index (Phi) is 5.24. The summed E-state index contributed by atoms with van der Waals surface area (Å²) in [5.41, 5.74) is -0.119. The molecule has 26 heavy (non-hydrogen) atoms. The third kappa shape index (κ3) is 3.56. The molecule has 7 nitrogen and oxygen atoms in total. The topological polar surface area (TPSA) is 92.5 Å². The van der Waals surface area contributed by atoms with Gasteiger partial charge in [0.2, 0.25) is 0 Å². The van der Waals surface area contributed by atoms with Gasteiger partial charge in [0.05, 0.1) is 11.0 Å². The van der Waals surface area contributed by atoms with Gasteiger partial charge in [-0.1, -0.05) is 23.7 Å². The summed E-state index contributed by atoms with van der Waals surface area (Å²) in [5.74, 6) is -0.483. The Balaban J connectivity index is 2.09. The van der Waals surface area contributed by atoms with E-state index in [9.17, 15) is 22.9 Å². The number of nitrogens with zero attached hydrogens (tertiary/aromatic N) is 2. The first kappa shape index (κ1) is 18.7. The second-order valence-electron chi connectivity index (χ2n) is 5.76. The molecule has 1 unspecified atom stereocenters. The molecule has 1 saturated heterocycles. The molecule has 0 amide bonds. The standard InChI is InChI=1S/C16H15ClFN3O4S/c17-12-4-5-16(14(9-12)21(22)23)26(24,25)20-7-6-19-10-15(20)11-2-1-3-13(18)8-11/h1-5,8-9,15,19H,6-7,10H2. The van der Waals surface area contributed by atoms with Crippen LogP contribution in [0.5, 0.6) is 0 Å². The molecule has 1 heterocycles. The van der Waals surface area contributed by atoms with Crippen molar-refractivity contribution in [2.24, 2.45) is 0 Å². The molecule has 0 spiro atoms. The van der Waals surface area contributed by atoms with Crippen LogP contribution in [0.4, 0.5) is 10.1 Å². The third-order valence-corrected chi connectivity index (χ3v) is 6.32. The second kappa shape index (κ2) is 7.28. The number of sulfonamides is 1. The zero-order chi connectivity index (χ0) is 18.9. The number of nitro groups is 1. The van der Waals surface area contributed by atoms with E-state index >= 15 is 0 Å². The van der Waals surface area contributed by atoms with Crippen LogP contribution in [0, 0.1) is 15.9 Å². The van der Waals surface area contributed by atoms with Crippen LogP contribution < -0.4 is 5.32 Å². The Morgan fingerprint density at radius 3 is 2.73 bits per heavy atom. The highest BCUT2D eigenvalue weighted by Crippen LogP contribution is 2.34. The van der Waals surface area contributed by atoms with Crippen molar-refractivity contribution in [2.75, 3.05) is 19.6 Å². The predicted molar refractivity (Wildman–Crippen MR) is 94.0 cm³/mol. The van der Waals surface area contributed by atoms with Crippen molar-refractivity contribution >= 4 is 27.3 Å². The highest BCUT2D eigenvalue weighted by atomic mass is 35.5. The molecule has 1 aliphatic rings. The average Bonchev–Trinajstić information content (AvgIpc) is 2.61. The van der Waals surface area contributed by atoms with Crippen molar-refractivity contribution in [3.8, 4) is 0 Å². The highest BCUT2D eigenvalue weighted by molar-refractivity contribution is 7.89. The van der Waals surface area contributed by atoms with Crippen molar-refractivity contribution in [1.82, 2.24) is 9.62 Å². The van der Waals surface area contributed by atoms with Gasteiger partial charge in [-0.05, 0) is 29.8 Å². The fraction of sp³-hybridized carbons (Fsp3) is 0.250. The van der Waals surface area contributed by atoms with Crippen LogP contribution in [-0.4, -0.2) is 37.3 Å². The van der Waals surface area contributed by atoms with E-state index in [0.717, 1.165) is 16.4 Å². The molecule has 0 radical (unpaired) electrons. The number of hydrogen-bond acceptors (Lipinski definition) is 5. The van der Waals surface area contributed by atoms with Crippen molar-refractivity contribution in [2.45, 2.75) is 10.9 Å². The first-order valence-corrected chi connectivity index (χ1v) is 9.54. The van der Waals surface area contributed by atoms with Gasteiger partial charge in [-0.3, -0.25) is 10.1 Å². The zero-order valence-electron chi connectivity index (χ0n) is 13.4. The Labute approximate surface area is 154 Å². The summed E-state index contributed by atoms with van der Waals surface area (Å²) < 4.78 is 41.1. The number of benzene rings is 2. The van der Waals surface area contributed by atoms with Gasteiger partial charge in [0, 0.05) is 30.7 Å². The highest BCUT2D eigenvalue weighted by Gasteiger charge is 2.38. The summed E-state index contributed by atoms with van der Waals surface area (Å²) in [4.78, 5) is 10.1. The predicted octanol–water partition coefficient (Wildman–Crippen LogP) is 2.72. The van der Waals surface area contributed by atoms with E-state index in [1.54, 1.807) is 6.07 Å². The fourth-order valence-electron chi connectivity index (χ4n) is 2.95. The van der Waals surface area contributed by atoms with E-state index < -0.39 is 37.4 Å². The Bertz CT molecular complexity index is 954. The maximum Gasteiger partial charge on any atom is 0.290 e. The van der Waals surface area contributed by atoms with Crippen LogP contribution in [0.15, 0.2) is 47.4 Å². The first-order chi connectivity index (χ1) is 12.3. The van der Waals surface area contributed by atoms with Gasteiger partial charge in [0.25, 0.3) is 15.7 Å². The van der Waals surface area contributed by atoms with Gasteiger partial charge in [-0.15, -0.1) is 0 Å². The van der Waals surface area contributed by atoms with Crippen molar-refractivity contribution in [3.63, 3.8) is 0 Å². The number of halogens is 2. The lowest BCUT2D eigenvalue weighted by Crippen LogP contribution is -2.48. The third-order valence-electron chi connectivity index (χ3n) is 4.13. The molecule has 1 atom stereocenters. The Hall–Kier alpha value is -2.07. The van der Waals surface area contributed by atoms with E-state index in [1.807, 2.05) is 0 Å². The monoisotopic (exact) mass is 399 g/mol. The van der Waals surface area contributed by atoms with Crippen LogP contribution in [0.3, 0.4) is 0 Å². The van der Waals surface area contributed by atoms with Gasteiger partial charge in [0.1, 0.15) is 5.82 Å². The van der Waals surface area contributed by atoms with Crippen LogP contribution in [0.25, 0.3) is 0 Å². The quantitative estimate of drug-likeness (QED) is 0.630. The lowest BCUT2D eigenvalue weighted by Gasteiger charge is -2.35. The average molecular weight is 400 g/mol. The summed E-state index contributed by atoms with van der Waals surface area (Å²) in [7, 11) is -4.19.